The monoisotopic (exact) mass is 252 g/mol. The van der Waals surface area contributed by atoms with E-state index in [1.165, 1.54) is 11.8 Å². The molecule has 0 aromatic rings. The second kappa shape index (κ2) is 7.84. The van der Waals surface area contributed by atoms with Gasteiger partial charge in [0, 0.05) is 5.71 Å². The number of thioether (sulfide) groups is 1. The molecule has 0 aromatic carbocycles. The maximum absolute atomic E-state index is 11.2. The molecule has 0 amide bonds. The summed E-state index contributed by atoms with van der Waals surface area (Å²) in [4.78, 5) is 19.8. The summed E-state index contributed by atoms with van der Waals surface area (Å²) in [6, 6.07) is 0. The van der Waals surface area contributed by atoms with Crippen LogP contribution in [0.15, 0.2) is 34.3 Å². The quantitative estimate of drug-likeness (QED) is 0.724. The third-order valence-electron chi connectivity index (χ3n) is 1.81. The van der Waals surface area contributed by atoms with Crippen LogP contribution < -0.4 is 0 Å². The van der Waals surface area contributed by atoms with Gasteiger partial charge in [0.15, 0.2) is 5.17 Å². The highest BCUT2D eigenvalue weighted by molar-refractivity contribution is 8.14. The minimum atomic E-state index is -0.237. The molecule has 1 aliphatic heterocycles. The minimum Gasteiger partial charge on any atom is -0.465 e. The summed E-state index contributed by atoms with van der Waals surface area (Å²) in [6.45, 7) is 4.67. The van der Waals surface area contributed by atoms with Crippen LogP contribution in [0.1, 0.15) is 13.8 Å². The van der Waals surface area contributed by atoms with Crippen LogP contribution >= 0.6 is 11.8 Å². The molecule has 0 unspecified atom stereocenters. The Morgan fingerprint density at radius 2 is 2.35 bits per heavy atom. The normalized spacial score (nSPS) is 19.2. The molecular formula is C12H16N2O2S. The van der Waals surface area contributed by atoms with Gasteiger partial charge in [-0.3, -0.25) is 9.79 Å². The topological polar surface area (TPSA) is 51.0 Å². The van der Waals surface area contributed by atoms with Gasteiger partial charge in [0.1, 0.15) is 0 Å². The summed E-state index contributed by atoms with van der Waals surface area (Å²) in [5, 5.41) is 0.617. The molecule has 1 rings (SSSR count). The van der Waals surface area contributed by atoms with Crippen molar-refractivity contribution in [2.24, 2.45) is 9.98 Å². The van der Waals surface area contributed by atoms with E-state index in [-0.39, 0.29) is 11.7 Å². The Hall–Kier alpha value is -1.36. The van der Waals surface area contributed by atoms with Crippen molar-refractivity contribution in [3.05, 3.63) is 24.3 Å². The van der Waals surface area contributed by atoms with Gasteiger partial charge in [0.25, 0.3) is 0 Å². The molecule has 0 fully saturated rings. The highest BCUT2D eigenvalue weighted by Crippen LogP contribution is 2.08. The molecule has 1 heterocycles. The van der Waals surface area contributed by atoms with E-state index in [9.17, 15) is 4.79 Å². The van der Waals surface area contributed by atoms with Gasteiger partial charge < -0.3 is 4.74 Å². The fourth-order valence-corrected chi connectivity index (χ4v) is 1.80. The molecule has 92 valence electrons. The van der Waals surface area contributed by atoms with E-state index in [1.54, 1.807) is 6.92 Å². The van der Waals surface area contributed by atoms with E-state index >= 15 is 0 Å². The lowest BCUT2D eigenvalue weighted by Gasteiger charge is -2.02. The summed E-state index contributed by atoms with van der Waals surface area (Å²) in [5.74, 6) is 0.00988. The molecule has 5 heteroatoms. The van der Waals surface area contributed by atoms with Crippen molar-refractivity contribution in [1.82, 2.24) is 0 Å². The molecule has 1 aliphatic rings. The maximum Gasteiger partial charge on any atom is 0.316 e. The average Bonchev–Trinajstić information content (AvgIpc) is 2.39. The summed E-state index contributed by atoms with van der Waals surface area (Å²) < 4.78 is 4.85. The number of carbonyl (C=O) groups excluding carboxylic acids is 1. The molecule has 0 saturated carbocycles. The van der Waals surface area contributed by atoms with Crippen molar-refractivity contribution in [3.8, 4) is 0 Å². The molecule has 0 aromatic heterocycles. The number of carbonyl (C=O) groups is 1. The number of amidine groups is 1. The van der Waals surface area contributed by atoms with Crippen LogP contribution in [0.25, 0.3) is 0 Å². The fraction of sp³-hybridized carbons (Fsp3) is 0.417. The van der Waals surface area contributed by atoms with Gasteiger partial charge >= 0.3 is 5.97 Å². The van der Waals surface area contributed by atoms with Crippen LogP contribution in [0, 0.1) is 0 Å². The lowest BCUT2D eigenvalue weighted by Crippen LogP contribution is -2.08. The maximum atomic E-state index is 11.2. The molecule has 0 N–H and O–H groups in total. The number of rotatable bonds is 3. The summed E-state index contributed by atoms with van der Waals surface area (Å²) in [6.07, 6.45) is 7.70. The first-order chi connectivity index (χ1) is 8.22. The lowest BCUT2D eigenvalue weighted by molar-refractivity contribution is -0.139. The van der Waals surface area contributed by atoms with Crippen LogP contribution in [0.2, 0.25) is 0 Å². The van der Waals surface area contributed by atoms with Gasteiger partial charge in [0.05, 0.1) is 18.9 Å². The second-order valence-corrected chi connectivity index (χ2v) is 4.20. The van der Waals surface area contributed by atoms with Crippen molar-refractivity contribution in [3.63, 3.8) is 0 Å². The van der Waals surface area contributed by atoms with Gasteiger partial charge in [-0.2, -0.15) is 0 Å². The molecule has 17 heavy (non-hydrogen) atoms. The lowest BCUT2D eigenvalue weighted by atomic mass is 10.3. The van der Waals surface area contributed by atoms with Crippen molar-refractivity contribution < 1.29 is 9.53 Å². The molecule has 0 aliphatic carbocycles. The first kappa shape index (κ1) is 13.7. The second-order valence-electron chi connectivity index (χ2n) is 3.26. The van der Waals surface area contributed by atoms with E-state index in [0.29, 0.717) is 18.3 Å². The van der Waals surface area contributed by atoms with E-state index < -0.39 is 0 Å². The number of ether oxygens (including phenoxy) is 1. The Balaban J connectivity index is 2.58. The summed E-state index contributed by atoms with van der Waals surface area (Å²) >= 11 is 1.30. The zero-order valence-electron chi connectivity index (χ0n) is 10.0. The predicted octanol–water partition coefficient (Wildman–Crippen LogP) is 2.23. The molecule has 0 atom stereocenters. The zero-order chi connectivity index (χ0) is 12.5. The Bertz CT molecular complexity index is 384. The first-order valence-corrected chi connectivity index (χ1v) is 6.42. The van der Waals surface area contributed by atoms with Crippen LogP contribution in [-0.4, -0.2) is 35.8 Å². The van der Waals surface area contributed by atoms with E-state index in [1.807, 2.05) is 31.2 Å². The third-order valence-corrected chi connectivity index (χ3v) is 2.67. The summed E-state index contributed by atoms with van der Waals surface area (Å²) in [7, 11) is 0. The number of hydrogen-bond acceptors (Lipinski definition) is 5. The van der Waals surface area contributed by atoms with Gasteiger partial charge in [0.2, 0.25) is 0 Å². The van der Waals surface area contributed by atoms with Crippen LogP contribution in [-0.2, 0) is 9.53 Å². The van der Waals surface area contributed by atoms with E-state index in [2.05, 4.69) is 9.98 Å². The summed E-state index contributed by atoms with van der Waals surface area (Å²) in [5.41, 5.74) is 0.867. The molecule has 0 saturated heterocycles. The number of allylic oxidation sites excluding steroid dienone is 3. The Kier molecular flexibility index (Phi) is 6.32. The highest BCUT2D eigenvalue weighted by atomic mass is 32.2. The fourth-order valence-electron chi connectivity index (χ4n) is 1.09. The van der Waals surface area contributed by atoms with E-state index in [0.717, 1.165) is 5.71 Å². The molecular weight excluding hydrogens is 236 g/mol. The first-order valence-electron chi connectivity index (χ1n) is 5.43. The van der Waals surface area contributed by atoms with Gasteiger partial charge in [-0.25, -0.2) is 4.99 Å². The van der Waals surface area contributed by atoms with Crippen molar-refractivity contribution >= 4 is 28.6 Å². The van der Waals surface area contributed by atoms with Crippen molar-refractivity contribution in [2.45, 2.75) is 13.8 Å². The van der Waals surface area contributed by atoms with Crippen molar-refractivity contribution in [1.29, 1.82) is 0 Å². The third kappa shape index (κ3) is 6.06. The van der Waals surface area contributed by atoms with E-state index in [4.69, 9.17) is 4.74 Å². The number of aliphatic imine (C=N–C) groups is 2. The van der Waals surface area contributed by atoms with Crippen LogP contribution in [0.5, 0.6) is 0 Å². The van der Waals surface area contributed by atoms with Gasteiger partial charge in [-0.1, -0.05) is 30.0 Å². The Morgan fingerprint density at radius 3 is 3.12 bits per heavy atom. The van der Waals surface area contributed by atoms with Crippen LogP contribution in [0.3, 0.4) is 0 Å². The average molecular weight is 252 g/mol. The number of nitrogens with zero attached hydrogens (tertiary/aromatic N) is 2. The number of hydrogen-bond donors (Lipinski definition) is 0. The predicted molar refractivity (Wildman–Crippen MR) is 72.8 cm³/mol. The van der Waals surface area contributed by atoms with Gasteiger partial charge in [-0.15, -0.1) is 0 Å². The van der Waals surface area contributed by atoms with Crippen LogP contribution in [0.4, 0.5) is 0 Å². The zero-order valence-corrected chi connectivity index (χ0v) is 10.9. The minimum absolute atomic E-state index is 0.237. The largest absolute Gasteiger partial charge is 0.465 e. The Morgan fingerprint density at radius 1 is 1.53 bits per heavy atom. The highest BCUT2D eigenvalue weighted by Gasteiger charge is 2.06. The smallest absolute Gasteiger partial charge is 0.316 e. The Labute approximate surface area is 106 Å². The standard InChI is InChI=1S/C12H16N2O2S/c1-3-16-11(15)9-17-12-13-8-6-4-5-7-10(2)14-12/h4-7H,3,8-9H2,1-2H3/b6-4-,7-5-,13-12?,14-10?. The number of esters is 1. The molecule has 0 bridgehead atoms. The molecule has 4 nitrogen and oxygen atoms in total. The molecule has 0 radical (unpaired) electrons. The molecule has 0 spiro atoms. The van der Waals surface area contributed by atoms with Gasteiger partial charge in [-0.05, 0) is 19.9 Å². The van der Waals surface area contributed by atoms with Crippen molar-refractivity contribution in [2.75, 3.05) is 18.9 Å². The SMILES string of the molecule is CCOC(=O)CSC1=NC/C=C\C=C/C(C)=N1.